The second-order valence-electron chi connectivity index (χ2n) is 15.2. The lowest BCUT2D eigenvalue weighted by Crippen LogP contribution is -2.55. The maximum absolute atomic E-state index is 12.7. The standard InChI is InChI=1S/C50H79NO7/c1-6-8-10-12-14-16-18-19-20-21-22-23-24-25-26-27-28-29-31-33-35-37-39-41-49(53)58-46(44-56-43-42-47(50(54)55)51(3,4)5)45-57-48(52)40-38-36-34-32-30-17-15-13-11-9-7-2/h8,10,13-17,19-20,22-23,25-26,28-30,33,35,46-47H,6-7,9,11-12,18,21,24,27,31-32,34,36-45H2,1-5H3/b10-8+,15-13+,16-14+,20-19+,23-22+,26-25+,29-28+,30-17+,35-33+. The molecule has 0 bridgehead atoms. The minimum Gasteiger partial charge on any atom is -0.544 e. The fraction of sp³-hybridized carbons (Fsp3) is 0.580. The summed E-state index contributed by atoms with van der Waals surface area (Å²) in [5.41, 5.74) is 0. The molecule has 0 aliphatic heterocycles. The fourth-order valence-electron chi connectivity index (χ4n) is 5.50. The molecule has 0 radical (unpaired) electrons. The molecule has 326 valence electrons. The third-order valence-electron chi connectivity index (χ3n) is 8.92. The maximum Gasteiger partial charge on any atom is 0.306 e. The highest BCUT2D eigenvalue weighted by molar-refractivity contribution is 5.70. The van der Waals surface area contributed by atoms with Gasteiger partial charge in [0, 0.05) is 19.3 Å². The Hall–Kier alpha value is -4.01. The topological polar surface area (TPSA) is 102 Å². The summed E-state index contributed by atoms with van der Waals surface area (Å²) < 4.78 is 17.0. The van der Waals surface area contributed by atoms with Gasteiger partial charge in [-0.25, -0.2) is 0 Å². The van der Waals surface area contributed by atoms with Crippen molar-refractivity contribution in [2.75, 3.05) is 41.0 Å². The first-order chi connectivity index (χ1) is 28.1. The van der Waals surface area contributed by atoms with Crippen LogP contribution in [-0.4, -0.2) is 75.5 Å². The first-order valence-corrected chi connectivity index (χ1v) is 21.9. The van der Waals surface area contributed by atoms with Crippen LogP contribution in [0, 0.1) is 0 Å². The zero-order valence-electron chi connectivity index (χ0n) is 36.9. The van der Waals surface area contributed by atoms with Crippen molar-refractivity contribution in [3.05, 3.63) is 109 Å². The zero-order chi connectivity index (χ0) is 42.8. The third kappa shape index (κ3) is 37.6. The number of hydrogen-bond acceptors (Lipinski definition) is 7. The fourth-order valence-corrected chi connectivity index (χ4v) is 5.50. The van der Waals surface area contributed by atoms with Gasteiger partial charge in [-0.3, -0.25) is 9.59 Å². The molecule has 58 heavy (non-hydrogen) atoms. The number of esters is 2. The highest BCUT2D eigenvalue weighted by atomic mass is 16.6. The molecule has 2 atom stereocenters. The molecule has 0 N–H and O–H groups in total. The van der Waals surface area contributed by atoms with E-state index in [-0.39, 0.29) is 49.1 Å². The van der Waals surface area contributed by atoms with Crippen molar-refractivity contribution in [3.8, 4) is 0 Å². The normalized spacial score (nSPS) is 14.0. The van der Waals surface area contributed by atoms with E-state index in [1.807, 2.05) is 0 Å². The number of carboxylic acid groups (broad SMARTS) is 1. The molecule has 2 unspecified atom stereocenters. The van der Waals surface area contributed by atoms with Gasteiger partial charge in [0.15, 0.2) is 6.10 Å². The van der Waals surface area contributed by atoms with E-state index in [0.717, 1.165) is 83.5 Å². The maximum atomic E-state index is 12.7. The molecular formula is C50H79NO7. The molecule has 8 nitrogen and oxygen atoms in total. The molecule has 0 aromatic rings. The highest BCUT2D eigenvalue weighted by Crippen LogP contribution is 2.10. The van der Waals surface area contributed by atoms with Crippen LogP contribution in [0.5, 0.6) is 0 Å². The number of allylic oxidation sites excluding steroid dienone is 18. The number of hydrogen-bond donors (Lipinski definition) is 0. The molecule has 0 spiro atoms. The predicted molar refractivity (Wildman–Crippen MR) is 240 cm³/mol. The summed E-state index contributed by atoms with van der Waals surface area (Å²) in [7, 11) is 5.36. The van der Waals surface area contributed by atoms with E-state index in [1.165, 1.54) is 12.8 Å². The van der Waals surface area contributed by atoms with E-state index in [4.69, 9.17) is 14.2 Å². The van der Waals surface area contributed by atoms with E-state index in [2.05, 4.69) is 123 Å². The minimum absolute atomic E-state index is 0.00101. The van der Waals surface area contributed by atoms with Crippen LogP contribution < -0.4 is 5.11 Å². The van der Waals surface area contributed by atoms with Crippen molar-refractivity contribution in [3.63, 3.8) is 0 Å². The van der Waals surface area contributed by atoms with Crippen molar-refractivity contribution in [1.82, 2.24) is 0 Å². The van der Waals surface area contributed by atoms with E-state index >= 15 is 0 Å². The van der Waals surface area contributed by atoms with Crippen LogP contribution in [0.2, 0.25) is 0 Å². The van der Waals surface area contributed by atoms with Crippen LogP contribution in [-0.2, 0) is 28.6 Å². The van der Waals surface area contributed by atoms with E-state index in [1.54, 1.807) is 21.1 Å². The molecule has 8 heteroatoms. The summed E-state index contributed by atoms with van der Waals surface area (Å²) in [6.07, 6.45) is 54.2. The summed E-state index contributed by atoms with van der Waals surface area (Å²) in [6.45, 7) is 4.37. The number of carbonyl (C=O) groups is 3. The molecule has 0 aromatic carbocycles. The predicted octanol–water partition coefficient (Wildman–Crippen LogP) is 10.7. The Balaban J connectivity index is 4.49. The molecule has 0 fully saturated rings. The smallest absolute Gasteiger partial charge is 0.306 e. The number of carbonyl (C=O) groups excluding carboxylic acids is 3. The Bertz CT molecular complexity index is 1310. The van der Waals surface area contributed by atoms with Gasteiger partial charge in [0.1, 0.15) is 12.6 Å². The van der Waals surface area contributed by atoms with Gasteiger partial charge in [-0.2, -0.15) is 0 Å². The molecule has 0 saturated heterocycles. The van der Waals surface area contributed by atoms with Crippen LogP contribution in [0.3, 0.4) is 0 Å². The summed E-state index contributed by atoms with van der Waals surface area (Å²) in [5, 5.41) is 11.6. The van der Waals surface area contributed by atoms with Crippen LogP contribution >= 0.6 is 0 Å². The Morgan fingerprint density at radius 2 is 1.03 bits per heavy atom. The SMILES string of the molecule is CC/C=C/C/C=C/C/C=C/C/C=C/C/C=C/C/C=C/C/C=C/CCCC(=O)OC(COCCC(C(=O)[O-])[N+](C)(C)C)COC(=O)CCCCC/C=C/C=C/CCCC. The average molecular weight is 806 g/mol. The van der Waals surface area contributed by atoms with Crippen molar-refractivity contribution in [1.29, 1.82) is 0 Å². The number of quaternary nitrogens is 1. The van der Waals surface area contributed by atoms with Crippen molar-refractivity contribution >= 4 is 17.9 Å². The van der Waals surface area contributed by atoms with Gasteiger partial charge < -0.3 is 28.6 Å². The Morgan fingerprint density at radius 1 is 0.552 bits per heavy atom. The molecule has 0 amide bonds. The second-order valence-corrected chi connectivity index (χ2v) is 15.2. The molecule has 0 rings (SSSR count). The summed E-state index contributed by atoms with van der Waals surface area (Å²) in [4.78, 5) is 36.8. The van der Waals surface area contributed by atoms with Gasteiger partial charge in [-0.05, 0) is 83.5 Å². The first kappa shape index (κ1) is 54.0. The van der Waals surface area contributed by atoms with Crippen LogP contribution in [0.1, 0.15) is 136 Å². The number of aliphatic carboxylic acids is 1. The zero-order valence-corrected chi connectivity index (χ0v) is 36.9. The average Bonchev–Trinajstić information content (AvgIpc) is 3.18. The summed E-state index contributed by atoms with van der Waals surface area (Å²) in [6, 6.07) is -0.746. The first-order valence-electron chi connectivity index (χ1n) is 21.9. The van der Waals surface area contributed by atoms with Gasteiger partial charge in [-0.1, -0.05) is 142 Å². The molecule has 0 aromatic heterocycles. The molecule has 0 heterocycles. The van der Waals surface area contributed by atoms with Gasteiger partial charge in [0.25, 0.3) is 0 Å². The highest BCUT2D eigenvalue weighted by Gasteiger charge is 2.25. The van der Waals surface area contributed by atoms with Gasteiger partial charge in [0.05, 0.1) is 40.3 Å². The molecule has 0 aliphatic rings. The Kier molecular flexibility index (Phi) is 37.0. The lowest BCUT2D eigenvalue weighted by molar-refractivity contribution is -0.889. The number of carboxylic acids is 1. The molecule has 0 aliphatic carbocycles. The van der Waals surface area contributed by atoms with Crippen LogP contribution in [0.4, 0.5) is 0 Å². The number of ether oxygens (including phenoxy) is 3. The second kappa shape index (κ2) is 39.8. The number of rotatable bonds is 37. The van der Waals surface area contributed by atoms with Crippen molar-refractivity contribution in [2.45, 2.75) is 148 Å². The monoisotopic (exact) mass is 806 g/mol. The quantitative estimate of drug-likeness (QED) is 0.0203. The van der Waals surface area contributed by atoms with Crippen LogP contribution in [0.15, 0.2) is 109 Å². The molecule has 0 saturated carbocycles. The summed E-state index contributed by atoms with van der Waals surface area (Å²) in [5.74, 6) is -1.87. The third-order valence-corrected chi connectivity index (χ3v) is 8.92. The van der Waals surface area contributed by atoms with E-state index in [9.17, 15) is 19.5 Å². The lowest BCUT2D eigenvalue weighted by Gasteiger charge is -2.34. The van der Waals surface area contributed by atoms with Gasteiger partial charge in [-0.15, -0.1) is 0 Å². The largest absolute Gasteiger partial charge is 0.544 e. The lowest BCUT2D eigenvalue weighted by atomic mass is 10.1. The van der Waals surface area contributed by atoms with Gasteiger partial charge >= 0.3 is 11.9 Å². The van der Waals surface area contributed by atoms with Crippen molar-refractivity contribution in [2.24, 2.45) is 0 Å². The minimum atomic E-state index is -1.14. The Labute approximate surface area is 353 Å². The number of unbranched alkanes of at least 4 members (excludes halogenated alkanes) is 6. The van der Waals surface area contributed by atoms with Crippen molar-refractivity contribution < 1.29 is 38.2 Å². The van der Waals surface area contributed by atoms with Gasteiger partial charge in [0.2, 0.25) is 0 Å². The summed E-state index contributed by atoms with van der Waals surface area (Å²) >= 11 is 0. The van der Waals surface area contributed by atoms with Crippen LogP contribution in [0.25, 0.3) is 0 Å². The number of likely N-dealkylation sites (N-methyl/N-ethyl adjacent to an activating group) is 1. The van der Waals surface area contributed by atoms with E-state index < -0.39 is 18.1 Å². The Morgan fingerprint density at radius 3 is 1.53 bits per heavy atom. The van der Waals surface area contributed by atoms with E-state index in [0.29, 0.717) is 12.8 Å². The molecular weight excluding hydrogens is 727 g/mol. The number of nitrogens with zero attached hydrogens (tertiary/aromatic N) is 1.